The Balaban J connectivity index is 1.75. The molecule has 1 aromatic rings. The van der Waals surface area contributed by atoms with E-state index in [1.165, 1.54) is 50.1 Å². The third-order valence-electron chi connectivity index (χ3n) is 5.12. The molecular formula is C18H30N2O. The predicted molar refractivity (Wildman–Crippen MR) is 86.6 cm³/mol. The summed E-state index contributed by atoms with van der Waals surface area (Å²) in [6.45, 7) is 9.26. The van der Waals surface area contributed by atoms with E-state index in [0.29, 0.717) is 17.5 Å². The minimum Gasteiger partial charge on any atom is -0.466 e. The number of fused-ring (bicyclic) bond motifs is 1. The molecule has 1 aliphatic carbocycles. The van der Waals surface area contributed by atoms with E-state index in [-0.39, 0.29) is 0 Å². The Kier molecular flexibility index (Phi) is 4.15. The molecule has 3 rings (SSSR count). The highest BCUT2D eigenvalue weighted by molar-refractivity contribution is 5.29. The maximum absolute atomic E-state index is 5.95. The highest BCUT2D eigenvalue weighted by Gasteiger charge is 2.35. The van der Waals surface area contributed by atoms with E-state index in [4.69, 9.17) is 4.42 Å². The second-order valence-corrected chi connectivity index (χ2v) is 7.93. The number of hydrogen-bond donors (Lipinski definition) is 1. The van der Waals surface area contributed by atoms with Crippen molar-refractivity contribution in [2.45, 2.75) is 65.0 Å². The lowest BCUT2D eigenvalue weighted by molar-refractivity contribution is 0.220. The first kappa shape index (κ1) is 15.1. The van der Waals surface area contributed by atoms with Crippen LogP contribution in [0.25, 0.3) is 0 Å². The zero-order valence-corrected chi connectivity index (χ0v) is 14.0. The van der Waals surface area contributed by atoms with Crippen molar-refractivity contribution in [3.8, 4) is 0 Å². The van der Waals surface area contributed by atoms with Gasteiger partial charge < -0.3 is 14.6 Å². The van der Waals surface area contributed by atoms with Gasteiger partial charge in [0.2, 0.25) is 0 Å². The quantitative estimate of drug-likeness (QED) is 0.900. The van der Waals surface area contributed by atoms with Gasteiger partial charge in [-0.15, -0.1) is 0 Å². The van der Waals surface area contributed by atoms with Crippen LogP contribution in [0.5, 0.6) is 0 Å². The van der Waals surface area contributed by atoms with Crippen molar-refractivity contribution in [3.63, 3.8) is 0 Å². The maximum atomic E-state index is 5.95. The molecule has 3 heteroatoms. The van der Waals surface area contributed by atoms with Gasteiger partial charge in [0.25, 0.3) is 0 Å². The van der Waals surface area contributed by atoms with Gasteiger partial charge >= 0.3 is 0 Å². The molecule has 21 heavy (non-hydrogen) atoms. The molecule has 2 heterocycles. The molecule has 0 saturated carbocycles. The number of rotatable bonds is 2. The topological polar surface area (TPSA) is 28.4 Å². The number of nitrogens with one attached hydrogen (secondary N) is 1. The molecule has 0 aromatic carbocycles. The van der Waals surface area contributed by atoms with E-state index in [1.807, 2.05) is 0 Å². The Labute approximate surface area is 129 Å². The summed E-state index contributed by atoms with van der Waals surface area (Å²) in [7, 11) is 2.24. The average molecular weight is 290 g/mol. The van der Waals surface area contributed by atoms with Gasteiger partial charge in [-0.25, -0.2) is 0 Å². The molecule has 1 saturated heterocycles. The number of aryl methyl sites for hydroxylation is 1. The number of furan rings is 1. The van der Waals surface area contributed by atoms with Crippen LogP contribution < -0.4 is 5.32 Å². The van der Waals surface area contributed by atoms with E-state index in [0.717, 1.165) is 12.2 Å². The Morgan fingerprint density at radius 2 is 2.10 bits per heavy atom. The van der Waals surface area contributed by atoms with E-state index < -0.39 is 0 Å². The normalized spacial score (nSPS) is 29.9. The van der Waals surface area contributed by atoms with Crippen LogP contribution >= 0.6 is 0 Å². The van der Waals surface area contributed by atoms with Crippen LogP contribution in [0.15, 0.2) is 10.5 Å². The first-order valence-corrected chi connectivity index (χ1v) is 8.47. The predicted octanol–water partition coefficient (Wildman–Crippen LogP) is 3.68. The van der Waals surface area contributed by atoms with Crippen LogP contribution in [0.1, 0.15) is 62.7 Å². The lowest BCUT2D eigenvalue weighted by Crippen LogP contribution is -2.38. The van der Waals surface area contributed by atoms with Gasteiger partial charge in [-0.05, 0) is 64.2 Å². The lowest BCUT2D eigenvalue weighted by Gasteiger charge is -2.36. The minimum absolute atomic E-state index is 0.330. The van der Waals surface area contributed by atoms with Gasteiger partial charge in [-0.2, -0.15) is 0 Å². The maximum Gasteiger partial charge on any atom is 0.109 e. The van der Waals surface area contributed by atoms with Crippen LogP contribution in [0, 0.1) is 12.3 Å². The zero-order chi connectivity index (χ0) is 15.0. The molecule has 2 aliphatic rings. The molecular weight excluding hydrogens is 260 g/mol. The Morgan fingerprint density at radius 1 is 1.29 bits per heavy atom. The molecule has 2 unspecified atom stereocenters. The Morgan fingerprint density at radius 3 is 2.90 bits per heavy atom. The molecule has 0 spiro atoms. The summed E-state index contributed by atoms with van der Waals surface area (Å²) in [6.07, 6.45) is 6.15. The van der Waals surface area contributed by atoms with E-state index >= 15 is 0 Å². The SMILES string of the molecule is Cc1cc2c(o1)CC(C)(C)CC2NC1CCCN(C)CC1. The molecule has 118 valence electrons. The second-order valence-electron chi connectivity index (χ2n) is 7.93. The largest absolute Gasteiger partial charge is 0.466 e. The van der Waals surface area contributed by atoms with E-state index in [1.54, 1.807) is 0 Å². The first-order valence-electron chi connectivity index (χ1n) is 8.47. The van der Waals surface area contributed by atoms with Crippen molar-refractivity contribution in [1.29, 1.82) is 0 Å². The molecule has 1 aliphatic heterocycles. The van der Waals surface area contributed by atoms with Crippen molar-refractivity contribution in [1.82, 2.24) is 10.2 Å². The fourth-order valence-electron chi connectivity index (χ4n) is 4.02. The molecule has 1 fully saturated rings. The fraction of sp³-hybridized carbons (Fsp3) is 0.778. The van der Waals surface area contributed by atoms with Crippen molar-refractivity contribution in [2.75, 3.05) is 20.1 Å². The van der Waals surface area contributed by atoms with E-state index in [9.17, 15) is 0 Å². The van der Waals surface area contributed by atoms with Gasteiger partial charge in [0, 0.05) is 24.1 Å². The summed E-state index contributed by atoms with van der Waals surface area (Å²) in [5, 5.41) is 3.96. The number of nitrogens with zero attached hydrogens (tertiary/aromatic N) is 1. The summed E-state index contributed by atoms with van der Waals surface area (Å²) >= 11 is 0. The molecule has 0 radical (unpaired) electrons. The van der Waals surface area contributed by atoms with Gasteiger partial charge in [-0.3, -0.25) is 0 Å². The molecule has 2 atom stereocenters. The number of hydrogen-bond acceptors (Lipinski definition) is 3. The highest BCUT2D eigenvalue weighted by atomic mass is 16.3. The third kappa shape index (κ3) is 3.51. The summed E-state index contributed by atoms with van der Waals surface area (Å²) < 4.78 is 5.95. The summed E-state index contributed by atoms with van der Waals surface area (Å²) in [6, 6.07) is 3.37. The summed E-state index contributed by atoms with van der Waals surface area (Å²) in [5.74, 6) is 2.28. The van der Waals surface area contributed by atoms with Gasteiger partial charge in [0.1, 0.15) is 11.5 Å². The molecule has 1 N–H and O–H groups in total. The van der Waals surface area contributed by atoms with Crippen LogP contribution in [0.4, 0.5) is 0 Å². The fourth-order valence-corrected chi connectivity index (χ4v) is 4.02. The van der Waals surface area contributed by atoms with Crippen LogP contribution in [-0.2, 0) is 6.42 Å². The van der Waals surface area contributed by atoms with Crippen LogP contribution in [-0.4, -0.2) is 31.1 Å². The molecule has 1 aromatic heterocycles. The van der Waals surface area contributed by atoms with Crippen molar-refractivity contribution in [2.24, 2.45) is 5.41 Å². The van der Waals surface area contributed by atoms with Gasteiger partial charge in [0.05, 0.1) is 0 Å². The molecule has 0 amide bonds. The van der Waals surface area contributed by atoms with Gasteiger partial charge in [-0.1, -0.05) is 13.8 Å². The van der Waals surface area contributed by atoms with Crippen molar-refractivity contribution in [3.05, 3.63) is 23.2 Å². The zero-order valence-electron chi connectivity index (χ0n) is 14.0. The highest BCUT2D eigenvalue weighted by Crippen LogP contribution is 2.42. The van der Waals surface area contributed by atoms with Crippen LogP contribution in [0.3, 0.4) is 0 Å². The summed E-state index contributed by atoms with van der Waals surface area (Å²) in [5.41, 5.74) is 1.75. The Bertz CT molecular complexity index is 491. The molecule has 0 bridgehead atoms. The van der Waals surface area contributed by atoms with Gasteiger partial charge in [0.15, 0.2) is 0 Å². The smallest absolute Gasteiger partial charge is 0.109 e. The monoisotopic (exact) mass is 290 g/mol. The third-order valence-corrected chi connectivity index (χ3v) is 5.12. The standard InChI is InChI=1S/C18H30N2O/c1-13-10-15-16(11-18(2,3)12-17(15)21-13)19-14-6-5-8-20(4)9-7-14/h10,14,16,19H,5-9,11-12H2,1-4H3. The lowest BCUT2D eigenvalue weighted by atomic mass is 9.74. The van der Waals surface area contributed by atoms with E-state index in [2.05, 4.69) is 44.1 Å². The molecule has 3 nitrogen and oxygen atoms in total. The second kappa shape index (κ2) is 5.77. The summed E-state index contributed by atoms with van der Waals surface area (Å²) in [4.78, 5) is 2.46. The van der Waals surface area contributed by atoms with Crippen molar-refractivity contribution < 1.29 is 4.42 Å². The average Bonchev–Trinajstić information content (AvgIpc) is 2.61. The number of likely N-dealkylation sites (tertiary alicyclic amines) is 1. The minimum atomic E-state index is 0.330. The van der Waals surface area contributed by atoms with Crippen LogP contribution in [0.2, 0.25) is 0 Å². The first-order chi connectivity index (χ1) is 9.93. The van der Waals surface area contributed by atoms with Crippen molar-refractivity contribution >= 4 is 0 Å². The Hall–Kier alpha value is -0.800.